The molecule has 1 N–H and O–H groups in total. The quantitative estimate of drug-likeness (QED) is 0.684. The minimum Gasteiger partial charge on any atom is -0.392 e. The summed E-state index contributed by atoms with van der Waals surface area (Å²) in [5.41, 5.74) is 0. The molecule has 0 radical (unpaired) electrons. The van der Waals surface area contributed by atoms with Gasteiger partial charge < -0.3 is 9.84 Å². The fraction of sp³-hybridized carbons (Fsp3) is 1.00. The molecule has 0 spiro atoms. The molecule has 3 heteroatoms. The maximum Gasteiger partial charge on any atom is 0.0693 e. The lowest BCUT2D eigenvalue weighted by Gasteiger charge is -2.43. The van der Waals surface area contributed by atoms with Crippen LogP contribution in [0.5, 0.6) is 0 Å². The first kappa shape index (κ1) is 10.4. The highest BCUT2D eigenvalue weighted by molar-refractivity contribution is 4.86. The maximum atomic E-state index is 9.81. The number of rotatable bonds is 1. The van der Waals surface area contributed by atoms with Crippen LogP contribution in [-0.2, 0) is 4.74 Å². The lowest BCUT2D eigenvalue weighted by Crippen LogP contribution is -2.52. The number of ether oxygens (including phenoxy) is 1. The standard InChI is InChI=1S/C11H21NO2/c1-9-11(13)3-2-6-12(9)10-4-7-14-8-5-10/h9-11,13H,2-8H2,1H3. The van der Waals surface area contributed by atoms with Crippen LogP contribution >= 0.6 is 0 Å². The van der Waals surface area contributed by atoms with Crippen LogP contribution in [0.4, 0.5) is 0 Å². The van der Waals surface area contributed by atoms with Crippen LogP contribution in [0.1, 0.15) is 32.6 Å². The van der Waals surface area contributed by atoms with Crippen LogP contribution in [0.25, 0.3) is 0 Å². The van der Waals surface area contributed by atoms with E-state index in [0.717, 1.165) is 45.4 Å². The third-order valence-corrected chi connectivity index (χ3v) is 3.66. The molecule has 0 aromatic carbocycles. The SMILES string of the molecule is CC1C(O)CCCN1C1CCOCC1. The van der Waals surface area contributed by atoms with Gasteiger partial charge in [-0.25, -0.2) is 0 Å². The van der Waals surface area contributed by atoms with Crippen molar-refractivity contribution in [3.8, 4) is 0 Å². The highest BCUT2D eigenvalue weighted by Crippen LogP contribution is 2.24. The smallest absolute Gasteiger partial charge is 0.0693 e. The van der Waals surface area contributed by atoms with E-state index in [4.69, 9.17) is 4.74 Å². The highest BCUT2D eigenvalue weighted by atomic mass is 16.5. The van der Waals surface area contributed by atoms with Crippen molar-refractivity contribution in [2.24, 2.45) is 0 Å². The molecule has 3 nitrogen and oxygen atoms in total. The molecule has 2 rings (SSSR count). The van der Waals surface area contributed by atoms with Gasteiger partial charge in [0.05, 0.1) is 6.10 Å². The fourth-order valence-electron chi connectivity index (χ4n) is 2.68. The van der Waals surface area contributed by atoms with Gasteiger partial charge in [-0.15, -0.1) is 0 Å². The molecule has 0 aromatic heterocycles. The van der Waals surface area contributed by atoms with Gasteiger partial charge in [-0.2, -0.15) is 0 Å². The van der Waals surface area contributed by atoms with E-state index in [1.54, 1.807) is 0 Å². The molecule has 0 saturated carbocycles. The Morgan fingerprint density at radius 3 is 2.64 bits per heavy atom. The Morgan fingerprint density at radius 1 is 1.21 bits per heavy atom. The van der Waals surface area contributed by atoms with E-state index in [0.29, 0.717) is 12.1 Å². The topological polar surface area (TPSA) is 32.7 Å². The second-order valence-corrected chi connectivity index (χ2v) is 4.53. The Bertz CT molecular complexity index is 180. The number of hydrogen-bond acceptors (Lipinski definition) is 3. The average molecular weight is 199 g/mol. The first-order valence-electron chi connectivity index (χ1n) is 5.80. The van der Waals surface area contributed by atoms with E-state index in [2.05, 4.69) is 11.8 Å². The van der Waals surface area contributed by atoms with Gasteiger partial charge in [0.2, 0.25) is 0 Å². The van der Waals surface area contributed by atoms with Gasteiger partial charge in [-0.3, -0.25) is 4.90 Å². The Hall–Kier alpha value is -0.120. The second kappa shape index (κ2) is 4.60. The average Bonchev–Trinajstić information content (AvgIpc) is 2.23. The molecule has 2 saturated heterocycles. The molecular weight excluding hydrogens is 178 g/mol. The summed E-state index contributed by atoms with van der Waals surface area (Å²) in [4.78, 5) is 2.48. The highest BCUT2D eigenvalue weighted by Gasteiger charge is 2.31. The summed E-state index contributed by atoms with van der Waals surface area (Å²) in [6.07, 6.45) is 4.27. The molecule has 2 aliphatic heterocycles. The normalized spacial score (nSPS) is 37.3. The van der Waals surface area contributed by atoms with Crippen LogP contribution < -0.4 is 0 Å². The molecule has 2 unspecified atom stereocenters. The zero-order valence-electron chi connectivity index (χ0n) is 8.98. The van der Waals surface area contributed by atoms with Gasteiger partial charge in [0, 0.05) is 25.3 Å². The van der Waals surface area contributed by atoms with E-state index in [1.165, 1.54) is 0 Å². The summed E-state index contributed by atoms with van der Waals surface area (Å²) >= 11 is 0. The number of likely N-dealkylation sites (tertiary alicyclic amines) is 1. The maximum absolute atomic E-state index is 9.81. The molecule has 2 heterocycles. The third kappa shape index (κ3) is 2.10. The van der Waals surface area contributed by atoms with Crippen LogP contribution in [0.2, 0.25) is 0 Å². The predicted octanol–water partition coefficient (Wildman–Crippen LogP) is 1.01. The van der Waals surface area contributed by atoms with Gasteiger partial charge in [0.15, 0.2) is 0 Å². The van der Waals surface area contributed by atoms with Crippen molar-refractivity contribution in [2.45, 2.75) is 50.8 Å². The summed E-state index contributed by atoms with van der Waals surface area (Å²) in [6, 6.07) is 0.987. The van der Waals surface area contributed by atoms with Gasteiger partial charge in [-0.1, -0.05) is 0 Å². The van der Waals surface area contributed by atoms with Crippen molar-refractivity contribution >= 4 is 0 Å². The number of hydrogen-bond donors (Lipinski definition) is 1. The van der Waals surface area contributed by atoms with Crippen molar-refractivity contribution < 1.29 is 9.84 Å². The van der Waals surface area contributed by atoms with E-state index < -0.39 is 0 Å². The van der Waals surface area contributed by atoms with Crippen molar-refractivity contribution in [3.05, 3.63) is 0 Å². The first-order valence-corrected chi connectivity index (χ1v) is 5.80. The second-order valence-electron chi connectivity index (χ2n) is 4.53. The Kier molecular flexibility index (Phi) is 3.42. The molecule has 0 bridgehead atoms. The number of nitrogens with zero attached hydrogens (tertiary/aromatic N) is 1. The molecule has 0 aliphatic carbocycles. The van der Waals surface area contributed by atoms with E-state index in [-0.39, 0.29) is 6.10 Å². The minimum atomic E-state index is -0.119. The molecule has 0 aromatic rings. The van der Waals surface area contributed by atoms with Crippen LogP contribution in [0.3, 0.4) is 0 Å². The summed E-state index contributed by atoms with van der Waals surface area (Å²) in [5, 5.41) is 9.81. The van der Waals surface area contributed by atoms with Crippen LogP contribution in [0.15, 0.2) is 0 Å². The predicted molar refractivity (Wildman–Crippen MR) is 55.2 cm³/mol. The molecule has 2 fully saturated rings. The van der Waals surface area contributed by atoms with Gasteiger partial charge in [0.1, 0.15) is 0 Å². The molecule has 82 valence electrons. The number of aliphatic hydroxyl groups excluding tert-OH is 1. The van der Waals surface area contributed by atoms with Gasteiger partial charge >= 0.3 is 0 Å². The zero-order chi connectivity index (χ0) is 9.97. The van der Waals surface area contributed by atoms with Gasteiger partial charge in [-0.05, 0) is 39.2 Å². The van der Waals surface area contributed by atoms with Crippen molar-refractivity contribution in [1.82, 2.24) is 4.90 Å². The Balaban J connectivity index is 1.93. The van der Waals surface area contributed by atoms with E-state index in [1.807, 2.05) is 0 Å². The summed E-state index contributed by atoms with van der Waals surface area (Å²) in [5.74, 6) is 0. The largest absolute Gasteiger partial charge is 0.392 e. The number of piperidine rings is 1. The Morgan fingerprint density at radius 2 is 1.93 bits per heavy atom. The van der Waals surface area contributed by atoms with E-state index >= 15 is 0 Å². The van der Waals surface area contributed by atoms with Crippen molar-refractivity contribution in [1.29, 1.82) is 0 Å². The molecule has 14 heavy (non-hydrogen) atoms. The zero-order valence-corrected chi connectivity index (χ0v) is 8.98. The lowest BCUT2D eigenvalue weighted by molar-refractivity contribution is -0.0375. The van der Waals surface area contributed by atoms with Gasteiger partial charge in [0.25, 0.3) is 0 Å². The summed E-state index contributed by atoms with van der Waals surface area (Å²) in [6.45, 7) is 5.09. The molecule has 2 atom stereocenters. The summed E-state index contributed by atoms with van der Waals surface area (Å²) < 4.78 is 5.36. The molecule has 0 amide bonds. The third-order valence-electron chi connectivity index (χ3n) is 3.66. The van der Waals surface area contributed by atoms with Crippen LogP contribution in [-0.4, -0.2) is 48.0 Å². The fourth-order valence-corrected chi connectivity index (χ4v) is 2.68. The monoisotopic (exact) mass is 199 g/mol. The van der Waals surface area contributed by atoms with Crippen molar-refractivity contribution in [3.63, 3.8) is 0 Å². The molecular formula is C11H21NO2. The summed E-state index contributed by atoms with van der Waals surface area (Å²) in [7, 11) is 0. The van der Waals surface area contributed by atoms with E-state index in [9.17, 15) is 5.11 Å². The van der Waals surface area contributed by atoms with Crippen molar-refractivity contribution in [2.75, 3.05) is 19.8 Å². The lowest BCUT2D eigenvalue weighted by atomic mass is 9.95. The Labute approximate surface area is 86.0 Å². The number of aliphatic hydroxyl groups is 1. The minimum absolute atomic E-state index is 0.119. The first-order chi connectivity index (χ1) is 6.79. The van der Waals surface area contributed by atoms with Crippen LogP contribution in [0, 0.1) is 0 Å². The molecule has 2 aliphatic rings.